The van der Waals surface area contributed by atoms with Crippen molar-refractivity contribution in [3.63, 3.8) is 0 Å². The molecule has 0 aliphatic carbocycles. The van der Waals surface area contributed by atoms with Crippen molar-refractivity contribution in [2.45, 2.75) is 12.5 Å². The molecule has 1 aliphatic heterocycles. The Morgan fingerprint density at radius 3 is 2.81 bits per heavy atom. The number of nitrogens with zero attached hydrogens (tertiary/aromatic N) is 1. The molecule has 4 rings (SSSR count). The number of hydrogen-bond donors (Lipinski definition) is 0. The van der Waals surface area contributed by atoms with Gasteiger partial charge in [-0.3, -0.25) is 9.78 Å². The van der Waals surface area contributed by atoms with E-state index in [1.807, 2.05) is 54.6 Å². The summed E-state index contributed by atoms with van der Waals surface area (Å²) < 4.78 is 6.04. The number of hydrogen-bond acceptors (Lipinski definition) is 3. The number of carbonyl (C=O) groups is 1. The first-order valence-electron chi connectivity index (χ1n) is 6.95. The topological polar surface area (TPSA) is 39.2 Å². The van der Waals surface area contributed by atoms with Gasteiger partial charge >= 0.3 is 0 Å². The molecule has 0 saturated carbocycles. The van der Waals surface area contributed by atoms with Gasteiger partial charge in [0.05, 0.1) is 17.5 Å². The fourth-order valence-corrected chi connectivity index (χ4v) is 2.83. The van der Waals surface area contributed by atoms with E-state index in [1.54, 1.807) is 6.20 Å². The van der Waals surface area contributed by atoms with Crippen LogP contribution in [-0.2, 0) is 0 Å². The molecule has 0 N–H and O–H groups in total. The molecular weight excluding hydrogens is 262 g/mol. The van der Waals surface area contributed by atoms with E-state index in [0.717, 1.165) is 16.5 Å². The smallest absolute Gasteiger partial charge is 0.170 e. The van der Waals surface area contributed by atoms with Crippen LogP contribution in [0.25, 0.3) is 10.9 Å². The molecule has 3 heteroatoms. The van der Waals surface area contributed by atoms with Gasteiger partial charge in [0.1, 0.15) is 11.9 Å². The van der Waals surface area contributed by atoms with Crippen LogP contribution in [0.4, 0.5) is 0 Å². The molecule has 1 aliphatic rings. The maximum Gasteiger partial charge on any atom is 0.170 e. The summed E-state index contributed by atoms with van der Waals surface area (Å²) in [4.78, 5) is 16.8. The average Bonchev–Trinajstić information content (AvgIpc) is 2.54. The highest BCUT2D eigenvalue weighted by Gasteiger charge is 2.28. The number of aromatic nitrogens is 1. The van der Waals surface area contributed by atoms with Crippen molar-refractivity contribution < 1.29 is 9.53 Å². The molecule has 21 heavy (non-hydrogen) atoms. The molecule has 102 valence electrons. The SMILES string of the molecule is O=C1CC(c2cccc3cccnc23)Oc2ccccc21. The Morgan fingerprint density at radius 2 is 1.86 bits per heavy atom. The van der Waals surface area contributed by atoms with Gasteiger partial charge < -0.3 is 4.74 Å². The Hall–Kier alpha value is -2.68. The minimum absolute atomic E-state index is 0.120. The van der Waals surface area contributed by atoms with Crippen LogP contribution in [-0.4, -0.2) is 10.8 Å². The summed E-state index contributed by atoms with van der Waals surface area (Å²) in [6.07, 6.45) is 1.85. The molecule has 3 aromatic rings. The number of fused-ring (bicyclic) bond motifs is 2. The molecule has 1 aromatic heterocycles. The molecule has 0 fully saturated rings. The lowest BCUT2D eigenvalue weighted by Crippen LogP contribution is -2.20. The highest BCUT2D eigenvalue weighted by Crippen LogP contribution is 2.36. The van der Waals surface area contributed by atoms with Gasteiger partial charge in [0.2, 0.25) is 0 Å². The zero-order valence-corrected chi connectivity index (χ0v) is 11.3. The quantitative estimate of drug-likeness (QED) is 0.675. The molecule has 3 nitrogen and oxygen atoms in total. The molecule has 0 amide bonds. The predicted octanol–water partition coefficient (Wildman–Crippen LogP) is 3.94. The van der Waals surface area contributed by atoms with Crippen molar-refractivity contribution >= 4 is 16.7 Å². The first-order chi connectivity index (χ1) is 10.3. The Kier molecular flexibility index (Phi) is 2.71. The number of ether oxygens (including phenoxy) is 1. The third kappa shape index (κ3) is 1.98. The second-order valence-corrected chi connectivity index (χ2v) is 5.15. The van der Waals surface area contributed by atoms with Crippen LogP contribution in [0.1, 0.15) is 28.4 Å². The standard InChI is InChI=1S/C18H13NO2/c20-15-11-17(21-16-9-2-1-7-13(15)16)14-8-3-5-12-6-4-10-19-18(12)14/h1-10,17H,11H2. The fraction of sp³-hybridized carbons (Fsp3) is 0.111. The number of pyridine rings is 1. The number of para-hydroxylation sites is 2. The normalized spacial score (nSPS) is 17.3. The summed E-state index contributed by atoms with van der Waals surface area (Å²) in [5, 5.41) is 1.06. The third-order valence-corrected chi connectivity index (χ3v) is 3.84. The van der Waals surface area contributed by atoms with Crippen LogP contribution in [0.15, 0.2) is 60.8 Å². The van der Waals surface area contributed by atoms with E-state index in [4.69, 9.17) is 4.74 Å². The fourth-order valence-electron chi connectivity index (χ4n) is 2.83. The largest absolute Gasteiger partial charge is 0.484 e. The molecular formula is C18H13NO2. The third-order valence-electron chi connectivity index (χ3n) is 3.84. The maximum absolute atomic E-state index is 12.3. The highest BCUT2D eigenvalue weighted by molar-refractivity contribution is 6.00. The Labute approximate surface area is 122 Å². The second-order valence-electron chi connectivity index (χ2n) is 5.15. The van der Waals surface area contributed by atoms with Gasteiger partial charge in [-0.1, -0.05) is 36.4 Å². The van der Waals surface area contributed by atoms with Crippen molar-refractivity contribution in [2.75, 3.05) is 0 Å². The molecule has 2 aromatic carbocycles. The molecule has 0 spiro atoms. The van der Waals surface area contributed by atoms with Gasteiger partial charge in [-0.25, -0.2) is 0 Å². The van der Waals surface area contributed by atoms with Crippen LogP contribution in [0.3, 0.4) is 0 Å². The molecule has 0 radical (unpaired) electrons. The summed E-state index contributed by atoms with van der Waals surface area (Å²) >= 11 is 0. The molecule has 0 saturated heterocycles. The van der Waals surface area contributed by atoms with Gasteiger partial charge in [-0.15, -0.1) is 0 Å². The van der Waals surface area contributed by atoms with Crippen molar-refractivity contribution in [1.82, 2.24) is 4.98 Å². The van der Waals surface area contributed by atoms with E-state index < -0.39 is 0 Å². The monoisotopic (exact) mass is 275 g/mol. The van der Waals surface area contributed by atoms with E-state index in [9.17, 15) is 4.79 Å². The Bertz CT molecular complexity index is 836. The summed E-state index contributed by atoms with van der Waals surface area (Å²) in [7, 11) is 0. The van der Waals surface area contributed by atoms with Crippen LogP contribution in [0.5, 0.6) is 5.75 Å². The summed E-state index contributed by atoms with van der Waals surface area (Å²) in [5.74, 6) is 0.779. The number of benzene rings is 2. The van der Waals surface area contributed by atoms with Crippen LogP contribution in [0, 0.1) is 0 Å². The van der Waals surface area contributed by atoms with Gasteiger partial charge in [0.25, 0.3) is 0 Å². The Balaban J connectivity index is 1.83. The molecule has 2 heterocycles. The number of ketones is 1. The minimum atomic E-state index is -0.272. The number of rotatable bonds is 1. The van der Waals surface area contributed by atoms with Gasteiger partial charge in [0, 0.05) is 17.1 Å². The van der Waals surface area contributed by atoms with Crippen LogP contribution >= 0.6 is 0 Å². The molecule has 1 atom stereocenters. The summed E-state index contributed by atoms with van der Waals surface area (Å²) in [6, 6.07) is 17.3. The molecule has 1 unspecified atom stereocenters. The molecule has 0 bridgehead atoms. The van der Waals surface area contributed by atoms with Crippen LogP contribution < -0.4 is 4.74 Å². The van der Waals surface area contributed by atoms with Crippen molar-refractivity contribution in [1.29, 1.82) is 0 Å². The highest BCUT2D eigenvalue weighted by atomic mass is 16.5. The first-order valence-corrected chi connectivity index (χ1v) is 6.95. The van der Waals surface area contributed by atoms with E-state index in [-0.39, 0.29) is 11.9 Å². The van der Waals surface area contributed by atoms with E-state index in [1.165, 1.54) is 0 Å². The second kappa shape index (κ2) is 4.70. The lowest BCUT2D eigenvalue weighted by Gasteiger charge is -2.26. The number of Topliss-reactive ketones (excluding diaryl/α,β-unsaturated/α-hetero) is 1. The van der Waals surface area contributed by atoms with Gasteiger partial charge in [-0.05, 0) is 18.2 Å². The van der Waals surface area contributed by atoms with Crippen LogP contribution in [0.2, 0.25) is 0 Å². The summed E-state index contributed by atoms with van der Waals surface area (Å²) in [6.45, 7) is 0. The van der Waals surface area contributed by atoms with Gasteiger partial charge in [0.15, 0.2) is 5.78 Å². The predicted molar refractivity (Wildman–Crippen MR) is 80.5 cm³/mol. The summed E-state index contributed by atoms with van der Waals surface area (Å²) in [5.41, 5.74) is 2.54. The zero-order valence-electron chi connectivity index (χ0n) is 11.3. The maximum atomic E-state index is 12.3. The zero-order chi connectivity index (χ0) is 14.2. The lowest BCUT2D eigenvalue weighted by molar-refractivity contribution is 0.0851. The van der Waals surface area contributed by atoms with E-state index in [0.29, 0.717) is 17.7 Å². The van der Waals surface area contributed by atoms with E-state index in [2.05, 4.69) is 4.98 Å². The first kappa shape index (κ1) is 12.1. The van der Waals surface area contributed by atoms with E-state index >= 15 is 0 Å². The Morgan fingerprint density at radius 1 is 1.00 bits per heavy atom. The number of carbonyl (C=O) groups excluding carboxylic acids is 1. The van der Waals surface area contributed by atoms with Gasteiger partial charge in [-0.2, -0.15) is 0 Å². The lowest BCUT2D eigenvalue weighted by atomic mass is 9.95. The van der Waals surface area contributed by atoms with Crippen molar-refractivity contribution in [3.8, 4) is 5.75 Å². The van der Waals surface area contributed by atoms with Crippen molar-refractivity contribution in [2.24, 2.45) is 0 Å². The van der Waals surface area contributed by atoms with Crippen molar-refractivity contribution in [3.05, 3.63) is 71.9 Å². The average molecular weight is 275 g/mol. The minimum Gasteiger partial charge on any atom is -0.484 e.